The number of carbonyl (C=O) groups is 1. The quantitative estimate of drug-likeness (QED) is 0.592. The zero-order valence-electron chi connectivity index (χ0n) is 15.2. The number of hydrogen-bond donors (Lipinski definition) is 1. The van der Waals surface area contributed by atoms with Gasteiger partial charge in [0.25, 0.3) is 5.56 Å². The van der Waals surface area contributed by atoms with E-state index in [0.717, 1.165) is 4.90 Å². The fourth-order valence-corrected chi connectivity index (χ4v) is 3.43. The zero-order valence-corrected chi connectivity index (χ0v) is 16.0. The molecular weight excluding hydrogens is 377 g/mol. The van der Waals surface area contributed by atoms with Crippen LogP contribution in [0, 0.1) is 5.82 Å². The Morgan fingerprint density at radius 2 is 1.86 bits per heavy atom. The fraction of sp³-hybridized carbons (Fsp3) is 0.190. The lowest BCUT2D eigenvalue weighted by atomic mass is 10.1. The molecular formula is C21H20FN3O2S. The van der Waals surface area contributed by atoms with E-state index in [0.29, 0.717) is 36.5 Å². The molecule has 0 aliphatic carbocycles. The molecule has 0 unspecified atom stereocenters. The van der Waals surface area contributed by atoms with Crippen molar-refractivity contribution in [2.24, 2.45) is 0 Å². The number of nitrogens with one attached hydrogen (secondary N) is 1. The Balaban J connectivity index is 1.45. The third-order valence-electron chi connectivity index (χ3n) is 4.04. The van der Waals surface area contributed by atoms with E-state index in [1.54, 1.807) is 23.9 Å². The van der Waals surface area contributed by atoms with Crippen molar-refractivity contribution in [2.75, 3.05) is 12.3 Å². The molecule has 3 aromatic rings. The molecule has 28 heavy (non-hydrogen) atoms. The van der Waals surface area contributed by atoms with E-state index in [9.17, 15) is 14.0 Å². The topological polar surface area (TPSA) is 64.0 Å². The lowest BCUT2D eigenvalue weighted by molar-refractivity contribution is -0.120. The summed E-state index contributed by atoms with van der Waals surface area (Å²) in [6.07, 6.45) is 1.86. The highest BCUT2D eigenvalue weighted by molar-refractivity contribution is 7.99. The molecule has 0 atom stereocenters. The van der Waals surface area contributed by atoms with Gasteiger partial charge in [-0.3, -0.25) is 14.2 Å². The molecule has 0 saturated carbocycles. The number of hydrogen-bond acceptors (Lipinski definition) is 4. The van der Waals surface area contributed by atoms with Crippen LogP contribution in [0.5, 0.6) is 0 Å². The van der Waals surface area contributed by atoms with Crippen LogP contribution in [0.25, 0.3) is 11.3 Å². The van der Waals surface area contributed by atoms with Crippen LogP contribution in [0.3, 0.4) is 0 Å². The number of carbonyl (C=O) groups excluding carboxylic acids is 1. The maximum Gasteiger partial charge on any atom is 0.253 e. The normalized spacial score (nSPS) is 10.6. The number of benzene rings is 2. The molecule has 2 aromatic carbocycles. The Kier molecular flexibility index (Phi) is 6.97. The highest BCUT2D eigenvalue weighted by atomic mass is 32.2. The summed E-state index contributed by atoms with van der Waals surface area (Å²) in [7, 11) is 0. The monoisotopic (exact) mass is 397 g/mol. The van der Waals surface area contributed by atoms with Crippen molar-refractivity contribution in [2.45, 2.75) is 17.9 Å². The lowest BCUT2D eigenvalue weighted by Gasteiger charge is -2.08. The number of thioether (sulfide) groups is 1. The Morgan fingerprint density at radius 1 is 1.11 bits per heavy atom. The molecule has 5 nitrogen and oxygen atoms in total. The molecule has 0 bridgehead atoms. The molecule has 0 radical (unpaired) electrons. The van der Waals surface area contributed by atoms with E-state index in [1.807, 2.05) is 30.3 Å². The lowest BCUT2D eigenvalue weighted by Crippen LogP contribution is -2.30. The van der Waals surface area contributed by atoms with E-state index >= 15 is 0 Å². The van der Waals surface area contributed by atoms with Crippen molar-refractivity contribution >= 4 is 17.7 Å². The van der Waals surface area contributed by atoms with Gasteiger partial charge in [0.15, 0.2) is 0 Å². The van der Waals surface area contributed by atoms with E-state index in [1.165, 1.54) is 29.1 Å². The summed E-state index contributed by atoms with van der Waals surface area (Å²) in [5, 5.41) is 2.82. The largest absolute Gasteiger partial charge is 0.354 e. The van der Waals surface area contributed by atoms with Gasteiger partial charge in [0.05, 0.1) is 12.0 Å². The molecule has 1 aromatic heterocycles. The van der Waals surface area contributed by atoms with Crippen molar-refractivity contribution < 1.29 is 9.18 Å². The molecule has 0 saturated heterocycles. The van der Waals surface area contributed by atoms with E-state index in [-0.39, 0.29) is 17.3 Å². The van der Waals surface area contributed by atoms with Crippen molar-refractivity contribution in [1.29, 1.82) is 0 Å². The summed E-state index contributed by atoms with van der Waals surface area (Å²) in [6.45, 7) is 0.694. The summed E-state index contributed by atoms with van der Waals surface area (Å²) < 4.78 is 14.4. The maximum atomic E-state index is 13.0. The first-order valence-electron chi connectivity index (χ1n) is 8.89. The number of amides is 1. The van der Waals surface area contributed by atoms with Gasteiger partial charge < -0.3 is 5.32 Å². The van der Waals surface area contributed by atoms with Gasteiger partial charge in [-0.05, 0) is 36.4 Å². The number of nitrogens with zero attached hydrogens (tertiary/aromatic N) is 2. The molecule has 1 heterocycles. The Bertz CT molecular complexity index is 975. The van der Waals surface area contributed by atoms with Crippen molar-refractivity contribution in [3.05, 3.63) is 83.2 Å². The van der Waals surface area contributed by atoms with Crippen LogP contribution in [0.1, 0.15) is 6.42 Å². The predicted octanol–water partition coefficient (Wildman–Crippen LogP) is 3.35. The van der Waals surface area contributed by atoms with Crippen LogP contribution < -0.4 is 10.9 Å². The number of aromatic nitrogens is 2. The van der Waals surface area contributed by atoms with Crippen LogP contribution in [-0.2, 0) is 11.3 Å². The number of halogens is 1. The van der Waals surface area contributed by atoms with E-state index in [2.05, 4.69) is 10.3 Å². The van der Waals surface area contributed by atoms with Gasteiger partial charge in [-0.2, -0.15) is 0 Å². The minimum absolute atomic E-state index is 0.0487. The summed E-state index contributed by atoms with van der Waals surface area (Å²) in [5.41, 5.74) is 0.946. The van der Waals surface area contributed by atoms with Crippen molar-refractivity contribution in [1.82, 2.24) is 14.9 Å². The van der Waals surface area contributed by atoms with Crippen LogP contribution in [-0.4, -0.2) is 27.8 Å². The maximum absolute atomic E-state index is 13.0. The Labute approximate surface area is 166 Å². The molecule has 0 fully saturated rings. The standard InChI is InChI=1S/C21H20FN3O2S/c22-17-8-6-16(7-9-17)19-14-21(27)25(15-24-19)12-11-23-20(26)10-13-28-18-4-2-1-3-5-18/h1-9,14-15H,10-13H2,(H,23,26). The molecule has 0 aliphatic rings. The molecule has 7 heteroatoms. The van der Waals surface area contributed by atoms with Gasteiger partial charge in [-0.25, -0.2) is 9.37 Å². The van der Waals surface area contributed by atoms with Gasteiger partial charge in [-0.1, -0.05) is 18.2 Å². The minimum atomic E-state index is -0.338. The number of rotatable bonds is 8. The summed E-state index contributed by atoms with van der Waals surface area (Å²) >= 11 is 1.63. The molecule has 3 rings (SSSR count). The van der Waals surface area contributed by atoms with Gasteiger partial charge in [0, 0.05) is 41.8 Å². The first kappa shape index (κ1) is 19.8. The van der Waals surface area contributed by atoms with Crippen molar-refractivity contribution in [3.8, 4) is 11.3 Å². The SMILES string of the molecule is O=C(CCSc1ccccc1)NCCn1cnc(-c2ccc(F)cc2)cc1=O. The van der Waals surface area contributed by atoms with Gasteiger partial charge in [-0.15, -0.1) is 11.8 Å². The van der Waals surface area contributed by atoms with Gasteiger partial charge in [0.1, 0.15) is 5.82 Å². The minimum Gasteiger partial charge on any atom is -0.354 e. The highest BCUT2D eigenvalue weighted by Crippen LogP contribution is 2.17. The third-order valence-corrected chi connectivity index (χ3v) is 5.05. The second kappa shape index (κ2) is 9.85. The zero-order chi connectivity index (χ0) is 19.8. The molecule has 1 amide bonds. The molecule has 0 spiro atoms. The first-order chi connectivity index (χ1) is 13.6. The van der Waals surface area contributed by atoms with E-state index < -0.39 is 0 Å². The van der Waals surface area contributed by atoms with Crippen LogP contribution in [0.4, 0.5) is 4.39 Å². The second-order valence-corrected chi connectivity index (χ2v) is 7.24. The molecule has 1 N–H and O–H groups in total. The Morgan fingerprint density at radius 3 is 2.57 bits per heavy atom. The first-order valence-corrected chi connectivity index (χ1v) is 9.87. The third kappa shape index (κ3) is 5.79. The molecule has 144 valence electrons. The van der Waals surface area contributed by atoms with Crippen LogP contribution in [0.2, 0.25) is 0 Å². The van der Waals surface area contributed by atoms with Gasteiger partial charge in [0.2, 0.25) is 5.91 Å². The summed E-state index contributed by atoms with van der Waals surface area (Å²) in [6, 6.07) is 17.1. The smallest absolute Gasteiger partial charge is 0.253 e. The van der Waals surface area contributed by atoms with Gasteiger partial charge >= 0.3 is 0 Å². The fourth-order valence-electron chi connectivity index (χ4n) is 2.55. The Hall–Kier alpha value is -2.93. The average molecular weight is 397 g/mol. The highest BCUT2D eigenvalue weighted by Gasteiger charge is 2.05. The van der Waals surface area contributed by atoms with Crippen LogP contribution >= 0.6 is 11.8 Å². The van der Waals surface area contributed by atoms with Crippen molar-refractivity contribution in [3.63, 3.8) is 0 Å². The predicted molar refractivity (Wildman–Crippen MR) is 109 cm³/mol. The molecule has 0 aliphatic heterocycles. The average Bonchev–Trinajstić information content (AvgIpc) is 2.70. The summed E-state index contributed by atoms with van der Waals surface area (Å²) in [5.74, 6) is 0.311. The second-order valence-electron chi connectivity index (χ2n) is 6.07. The van der Waals surface area contributed by atoms with E-state index in [4.69, 9.17) is 0 Å². The summed E-state index contributed by atoms with van der Waals surface area (Å²) in [4.78, 5) is 29.5. The van der Waals surface area contributed by atoms with Crippen LogP contribution in [0.15, 0.2) is 76.7 Å².